The van der Waals surface area contributed by atoms with Crippen LogP contribution in [0.4, 0.5) is 16.2 Å². The van der Waals surface area contributed by atoms with E-state index in [-0.39, 0.29) is 24.7 Å². The number of aromatic nitrogens is 1. The first-order chi connectivity index (χ1) is 28.0. The van der Waals surface area contributed by atoms with Gasteiger partial charge in [-0.25, -0.2) is 9.78 Å². The summed E-state index contributed by atoms with van der Waals surface area (Å²) < 4.78 is 25.7. The fourth-order valence-electron chi connectivity index (χ4n) is 6.69. The van der Waals surface area contributed by atoms with Crippen molar-refractivity contribution in [3.05, 3.63) is 180 Å². The molecule has 2 amide bonds. The lowest BCUT2D eigenvalue weighted by molar-refractivity contribution is -0.268. The molecule has 10 heteroatoms. The Bertz CT molecular complexity index is 2320. The first-order valence-corrected chi connectivity index (χ1v) is 19.7. The third-order valence-corrected chi connectivity index (χ3v) is 10.6. The van der Waals surface area contributed by atoms with Crippen molar-refractivity contribution in [1.29, 1.82) is 0 Å². The maximum absolute atomic E-state index is 13.1. The van der Waals surface area contributed by atoms with Crippen LogP contribution in [0.2, 0.25) is 0 Å². The Balaban J connectivity index is 0.991. The van der Waals surface area contributed by atoms with Crippen LogP contribution in [0.15, 0.2) is 173 Å². The molecular weight excluding hydrogens is 735 g/mol. The fraction of sp³-hybridized carbons (Fsp3) is 0.149. The van der Waals surface area contributed by atoms with Crippen LogP contribution in [0, 0.1) is 5.92 Å². The standard InChI is InChI=1S/C47H41N3O6S/c1-31-41(30-57-47-50-42(33-12-5-2-6-13-33)44(56-47)34-14-7-3-8-15-34)54-45(55-43(31)35-22-20-32(29-51)21-23-35)36-16-11-17-38(28-36)49-46(52)48-37-24-26-40(27-25-37)53-39-18-9-4-10-19-39/h2-28,31,41,43,45,51H,29-30H2,1H3,(H2,48,49,52)/t31-,41+,43+,45+/m0/s1. The van der Waals surface area contributed by atoms with Gasteiger partial charge in [-0.05, 0) is 59.7 Å². The summed E-state index contributed by atoms with van der Waals surface area (Å²) in [7, 11) is 0. The van der Waals surface area contributed by atoms with Gasteiger partial charge >= 0.3 is 6.03 Å². The summed E-state index contributed by atoms with van der Waals surface area (Å²) in [6, 6.07) is 51.6. The van der Waals surface area contributed by atoms with Gasteiger partial charge in [-0.2, -0.15) is 0 Å². The highest BCUT2D eigenvalue weighted by atomic mass is 32.2. The number of urea groups is 1. The van der Waals surface area contributed by atoms with Crippen LogP contribution in [0.3, 0.4) is 0 Å². The van der Waals surface area contributed by atoms with E-state index in [0.29, 0.717) is 33.9 Å². The molecule has 0 unspecified atom stereocenters. The minimum Gasteiger partial charge on any atom is -0.457 e. The van der Waals surface area contributed by atoms with Crippen molar-refractivity contribution >= 4 is 29.2 Å². The van der Waals surface area contributed by atoms with Gasteiger partial charge in [0.15, 0.2) is 12.1 Å². The zero-order chi connectivity index (χ0) is 39.0. The summed E-state index contributed by atoms with van der Waals surface area (Å²) in [6.45, 7) is 2.08. The van der Waals surface area contributed by atoms with Gasteiger partial charge in [0.25, 0.3) is 5.22 Å². The van der Waals surface area contributed by atoms with Crippen LogP contribution in [-0.4, -0.2) is 28.0 Å². The smallest absolute Gasteiger partial charge is 0.323 e. The summed E-state index contributed by atoms with van der Waals surface area (Å²) in [6.07, 6.45) is -1.32. The Morgan fingerprint density at radius 3 is 2.05 bits per heavy atom. The molecule has 0 saturated carbocycles. The number of benzene rings is 6. The molecule has 0 spiro atoms. The van der Waals surface area contributed by atoms with Crippen LogP contribution in [0.1, 0.15) is 36.0 Å². The number of oxazole rings is 1. The lowest BCUT2D eigenvalue weighted by atomic mass is 9.91. The van der Waals surface area contributed by atoms with Crippen LogP contribution < -0.4 is 15.4 Å². The number of hydrogen-bond acceptors (Lipinski definition) is 8. The molecule has 0 aliphatic carbocycles. The summed E-state index contributed by atoms with van der Waals surface area (Å²) >= 11 is 1.50. The average molecular weight is 776 g/mol. The van der Waals surface area contributed by atoms with E-state index in [1.807, 2.05) is 140 Å². The Kier molecular flexibility index (Phi) is 11.7. The first kappa shape index (κ1) is 37.7. The number of nitrogens with zero attached hydrogens (tertiary/aromatic N) is 1. The van der Waals surface area contributed by atoms with Crippen molar-refractivity contribution in [3.63, 3.8) is 0 Å². The van der Waals surface area contributed by atoms with Gasteiger partial charge in [0.2, 0.25) is 0 Å². The zero-order valence-electron chi connectivity index (χ0n) is 31.2. The van der Waals surface area contributed by atoms with E-state index in [9.17, 15) is 9.90 Å². The molecule has 57 heavy (non-hydrogen) atoms. The van der Waals surface area contributed by atoms with E-state index in [0.717, 1.165) is 39.3 Å². The third-order valence-electron chi connectivity index (χ3n) is 9.69. The maximum Gasteiger partial charge on any atom is 0.323 e. The second-order valence-corrected chi connectivity index (χ2v) is 14.6. The molecule has 2 heterocycles. The zero-order valence-corrected chi connectivity index (χ0v) is 32.0. The molecule has 1 aromatic heterocycles. The Morgan fingerprint density at radius 1 is 0.702 bits per heavy atom. The SMILES string of the molecule is C[C@H]1[C@@H](CSc2nc(-c3ccccc3)c(-c3ccccc3)o2)O[C@@H](c2cccc(NC(=O)Nc3ccc(Oc4ccccc4)cc3)c2)O[C@H]1c1ccc(CO)cc1. The number of aliphatic hydroxyl groups excluding tert-OH is 1. The molecule has 8 rings (SSSR count). The molecule has 1 fully saturated rings. The summed E-state index contributed by atoms with van der Waals surface area (Å²) in [4.78, 5) is 18.1. The van der Waals surface area contributed by atoms with Gasteiger partial charge in [-0.3, -0.25) is 0 Å². The molecule has 1 saturated heterocycles. The minimum atomic E-state index is -0.736. The molecule has 286 valence electrons. The number of thioether (sulfide) groups is 1. The number of amides is 2. The van der Waals surface area contributed by atoms with E-state index in [4.69, 9.17) is 23.6 Å². The van der Waals surface area contributed by atoms with E-state index in [2.05, 4.69) is 17.6 Å². The number of anilines is 2. The van der Waals surface area contributed by atoms with Gasteiger partial charge in [-0.1, -0.05) is 134 Å². The molecule has 9 nitrogen and oxygen atoms in total. The first-order valence-electron chi connectivity index (χ1n) is 18.7. The van der Waals surface area contributed by atoms with E-state index in [1.54, 1.807) is 24.3 Å². The summed E-state index contributed by atoms with van der Waals surface area (Å²) in [5, 5.41) is 16.1. The maximum atomic E-state index is 13.1. The van der Waals surface area contributed by atoms with Crippen molar-refractivity contribution < 1.29 is 28.5 Å². The molecular formula is C47H41N3O6S. The van der Waals surface area contributed by atoms with Crippen LogP contribution in [0.25, 0.3) is 22.6 Å². The number of rotatable bonds is 12. The Labute approximate surface area is 335 Å². The fourth-order valence-corrected chi connectivity index (χ4v) is 7.68. The second kappa shape index (κ2) is 17.7. The number of nitrogens with one attached hydrogen (secondary N) is 2. The lowest BCUT2D eigenvalue weighted by Gasteiger charge is -2.41. The summed E-state index contributed by atoms with van der Waals surface area (Å²) in [5.74, 6) is 2.60. The lowest BCUT2D eigenvalue weighted by Crippen LogP contribution is -2.38. The Morgan fingerprint density at radius 2 is 1.35 bits per heavy atom. The molecule has 7 aromatic rings. The monoisotopic (exact) mass is 775 g/mol. The summed E-state index contributed by atoms with van der Waals surface area (Å²) in [5.41, 5.74) is 6.46. The highest BCUT2D eigenvalue weighted by Crippen LogP contribution is 2.44. The Hall–Kier alpha value is -6.17. The molecule has 0 radical (unpaired) electrons. The average Bonchev–Trinajstić information content (AvgIpc) is 3.69. The topological polar surface area (TPSA) is 115 Å². The highest BCUT2D eigenvalue weighted by molar-refractivity contribution is 7.99. The normalized spacial score (nSPS) is 17.8. The van der Waals surface area contributed by atoms with Gasteiger partial charge in [0.05, 0.1) is 18.8 Å². The van der Waals surface area contributed by atoms with Crippen molar-refractivity contribution in [2.24, 2.45) is 5.92 Å². The predicted molar refractivity (Wildman–Crippen MR) is 223 cm³/mol. The molecule has 1 aliphatic rings. The van der Waals surface area contributed by atoms with E-state index >= 15 is 0 Å². The van der Waals surface area contributed by atoms with Crippen molar-refractivity contribution in [3.8, 4) is 34.1 Å². The highest BCUT2D eigenvalue weighted by Gasteiger charge is 2.39. The predicted octanol–water partition coefficient (Wildman–Crippen LogP) is 11.5. The number of para-hydroxylation sites is 1. The molecule has 3 N–H and O–H groups in total. The van der Waals surface area contributed by atoms with Gasteiger partial charge in [0, 0.05) is 39.7 Å². The second-order valence-electron chi connectivity index (χ2n) is 13.7. The third kappa shape index (κ3) is 9.28. The molecule has 0 bridgehead atoms. The van der Waals surface area contributed by atoms with Crippen LogP contribution >= 0.6 is 11.8 Å². The van der Waals surface area contributed by atoms with Gasteiger partial charge in [0.1, 0.15) is 17.2 Å². The van der Waals surface area contributed by atoms with Crippen LogP contribution in [-0.2, 0) is 16.1 Å². The van der Waals surface area contributed by atoms with Crippen molar-refractivity contribution in [2.75, 3.05) is 16.4 Å². The molecule has 6 aromatic carbocycles. The number of carbonyl (C=O) groups is 1. The van der Waals surface area contributed by atoms with Gasteiger partial charge < -0.3 is 34.4 Å². The van der Waals surface area contributed by atoms with E-state index in [1.165, 1.54) is 11.8 Å². The van der Waals surface area contributed by atoms with E-state index < -0.39 is 12.3 Å². The van der Waals surface area contributed by atoms with Crippen molar-refractivity contribution in [1.82, 2.24) is 4.98 Å². The number of hydrogen-bond donors (Lipinski definition) is 3. The van der Waals surface area contributed by atoms with Gasteiger partial charge in [-0.15, -0.1) is 0 Å². The largest absolute Gasteiger partial charge is 0.457 e. The van der Waals surface area contributed by atoms with Crippen molar-refractivity contribution in [2.45, 2.75) is 37.3 Å². The minimum absolute atomic E-state index is 0.0419. The number of carbonyl (C=O) groups excluding carboxylic acids is 1. The van der Waals surface area contributed by atoms with Crippen LogP contribution in [0.5, 0.6) is 11.5 Å². The number of aliphatic hydroxyl groups is 1. The quantitative estimate of drug-likeness (QED) is 0.105. The molecule has 1 aliphatic heterocycles. The molecule has 4 atom stereocenters. The number of ether oxygens (including phenoxy) is 3.